The normalized spacial score (nSPS) is 16.0. The van der Waals surface area contributed by atoms with Gasteiger partial charge in [-0.25, -0.2) is 14.0 Å². The van der Waals surface area contributed by atoms with Gasteiger partial charge in [0.2, 0.25) is 11.8 Å². The number of hydrogen-bond donors (Lipinski definition) is 4. The van der Waals surface area contributed by atoms with E-state index in [0.717, 1.165) is 38.2 Å². The van der Waals surface area contributed by atoms with E-state index in [2.05, 4.69) is 16.0 Å². The molecule has 0 aliphatic heterocycles. The van der Waals surface area contributed by atoms with Crippen LogP contribution in [0.15, 0.2) is 18.2 Å². The number of carbonyl (C=O) groups excluding carboxylic acids is 3. The molecule has 4 N–H and O–H groups in total. The first-order valence-corrected chi connectivity index (χ1v) is 12.0. The molecule has 2 atom stereocenters. The van der Waals surface area contributed by atoms with Gasteiger partial charge in [0.15, 0.2) is 0 Å². The summed E-state index contributed by atoms with van der Waals surface area (Å²) >= 11 is 0. The summed E-state index contributed by atoms with van der Waals surface area (Å²) < 4.78 is 20.1. The number of rotatable bonds is 9. The number of alkyl carbamates (subject to hydrolysis) is 1. The van der Waals surface area contributed by atoms with Crippen molar-refractivity contribution in [3.05, 3.63) is 29.6 Å². The van der Waals surface area contributed by atoms with Crippen LogP contribution in [0.4, 0.5) is 14.9 Å². The Morgan fingerprint density at radius 3 is 2.31 bits per heavy atom. The van der Waals surface area contributed by atoms with Gasteiger partial charge in [0.25, 0.3) is 0 Å². The van der Waals surface area contributed by atoms with Gasteiger partial charge in [0, 0.05) is 12.8 Å². The molecule has 1 fully saturated rings. The number of nitrogens with one attached hydrogen (secondary N) is 3. The van der Waals surface area contributed by atoms with Crippen molar-refractivity contribution < 1.29 is 33.4 Å². The summed E-state index contributed by atoms with van der Waals surface area (Å²) in [7, 11) is 0. The lowest BCUT2D eigenvalue weighted by Gasteiger charge is -2.31. The molecule has 0 radical (unpaired) electrons. The number of halogens is 1. The Morgan fingerprint density at radius 1 is 1.11 bits per heavy atom. The third kappa shape index (κ3) is 9.18. The molecule has 1 saturated carbocycles. The lowest BCUT2D eigenvalue weighted by molar-refractivity contribution is -0.141. The third-order valence-corrected chi connectivity index (χ3v) is 5.76. The predicted molar refractivity (Wildman–Crippen MR) is 128 cm³/mol. The Balaban J connectivity index is 2.14. The fraction of sp³-hybridized carbons (Fsp3) is 0.600. The highest BCUT2D eigenvalue weighted by Gasteiger charge is 2.33. The second-order valence-electron chi connectivity index (χ2n) is 9.84. The molecule has 35 heavy (non-hydrogen) atoms. The smallest absolute Gasteiger partial charge is 0.408 e. The average Bonchev–Trinajstić information content (AvgIpc) is 2.77. The number of carboxylic acids is 1. The van der Waals surface area contributed by atoms with Crippen molar-refractivity contribution in [3.63, 3.8) is 0 Å². The predicted octanol–water partition coefficient (Wildman–Crippen LogP) is 3.76. The van der Waals surface area contributed by atoms with Crippen LogP contribution in [0.5, 0.6) is 0 Å². The quantitative estimate of drug-likeness (QED) is 0.414. The highest BCUT2D eigenvalue weighted by molar-refractivity contribution is 5.97. The molecule has 0 spiro atoms. The molecule has 194 valence electrons. The summed E-state index contributed by atoms with van der Waals surface area (Å²) in [6.45, 7) is 6.77. The number of ether oxygens (including phenoxy) is 1. The highest BCUT2D eigenvalue weighted by atomic mass is 19.1. The van der Waals surface area contributed by atoms with E-state index in [0.29, 0.717) is 5.56 Å². The molecular weight excluding hydrogens is 457 g/mol. The van der Waals surface area contributed by atoms with Crippen LogP contribution < -0.4 is 16.0 Å². The Morgan fingerprint density at radius 2 is 1.77 bits per heavy atom. The lowest BCUT2D eigenvalue weighted by atomic mass is 9.83. The average molecular weight is 494 g/mol. The molecule has 2 rings (SSSR count). The number of carbonyl (C=O) groups is 4. The van der Waals surface area contributed by atoms with E-state index in [-0.39, 0.29) is 24.4 Å². The molecule has 0 saturated heterocycles. The number of carboxylic acid groups (broad SMARTS) is 1. The van der Waals surface area contributed by atoms with Crippen LogP contribution in [0.2, 0.25) is 0 Å². The number of benzene rings is 1. The SMILES string of the molecule is CCC(=O)NC(Cc1ccc(NC(=O)C(NC(=O)OC(C)(C)C)C2CCCCC2)c(F)c1)C(=O)O. The molecule has 0 heterocycles. The fourth-order valence-electron chi connectivity index (χ4n) is 4.03. The fourth-order valence-corrected chi connectivity index (χ4v) is 4.03. The van der Waals surface area contributed by atoms with Crippen LogP contribution in [0, 0.1) is 11.7 Å². The van der Waals surface area contributed by atoms with E-state index in [1.165, 1.54) is 12.1 Å². The maximum absolute atomic E-state index is 14.8. The van der Waals surface area contributed by atoms with Gasteiger partial charge in [-0.3, -0.25) is 9.59 Å². The topological polar surface area (TPSA) is 134 Å². The van der Waals surface area contributed by atoms with Crippen molar-refractivity contribution in [1.29, 1.82) is 0 Å². The molecule has 0 aromatic heterocycles. The molecule has 3 amide bonds. The minimum absolute atomic E-state index is 0.0879. The zero-order valence-electron chi connectivity index (χ0n) is 20.8. The molecule has 10 heteroatoms. The largest absolute Gasteiger partial charge is 0.480 e. The number of hydrogen-bond acceptors (Lipinski definition) is 5. The summed E-state index contributed by atoms with van der Waals surface area (Å²) in [5.41, 5.74) is -0.473. The molecule has 1 aromatic rings. The van der Waals surface area contributed by atoms with Gasteiger partial charge < -0.3 is 25.8 Å². The second kappa shape index (κ2) is 12.5. The standard InChI is InChI=1S/C25H36FN3O6/c1-5-20(30)27-19(23(32)33)14-15-11-12-18(17(26)13-15)28-22(31)21(16-9-7-6-8-10-16)29-24(34)35-25(2,3)4/h11-13,16,19,21H,5-10,14H2,1-4H3,(H,27,30)(H,28,31)(H,29,34)(H,32,33). The van der Waals surface area contributed by atoms with Crippen LogP contribution in [0.25, 0.3) is 0 Å². The van der Waals surface area contributed by atoms with Gasteiger partial charge >= 0.3 is 12.1 Å². The zero-order chi connectivity index (χ0) is 26.2. The Labute approximate surface area is 205 Å². The van der Waals surface area contributed by atoms with Crippen molar-refractivity contribution >= 4 is 29.6 Å². The highest BCUT2D eigenvalue weighted by Crippen LogP contribution is 2.28. The van der Waals surface area contributed by atoms with Gasteiger partial charge in [-0.15, -0.1) is 0 Å². The third-order valence-electron chi connectivity index (χ3n) is 5.76. The summed E-state index contributed by atoms with van der Waals surface area (Å²) in [4.78, 5) is 48.5. The summed E-state index contributed by atoms with van der Waals surface area (Å²) in [6, 6.07) is 1.87. The Kier molecular flexibility index (Phi) is 10.0. The van der Waals surface area contributed by atoms with Crippen molar-refractivity contribution in [2.45, 2.75) is 90.3 Å². The van der Waals surface area contributed by atoms with Crippen molar-refractivity contribution in [2.75, 3.05) is 5.32 Å². The van der Waals surface area contributed by atoms with Crippen LogP contribution in [0.1, 0.15) is 71.8 Å². The van der Waals surface area contributed by atoms with Crippen molar-refractivity contribution in [1.82, 2.24) is 10.6 Å². The molecule has 2 unspecified atom stereocenters. The zero-order valence-corrected chi connectivity index (χ0v) is 20.8. The molecule has 1 aliphatic rings. The first kappa shape index (κ1) is 28.1. The van der Waals surface area contributed by atoms with E-state index in [9.17, 15) is 28.7 Å². The van der Waals surface area contributed by atoms with E-state index in [1.807, 2.05) is 0 Å². The van der Waals surface area contributed by atoms with Crippen LogP contribution in [0.3, 0.4) is 0 Å². The minimum Gasteiger partial charge on any atom is -0.480 e. The van der Waals surface area contributed by atoms with Crippen LogP contribution in [-0.2, 0) is 25.5 Å². The van der Waals surface area contributed by atoms with Gasteiger partial charge in [0.05, 0.1) is 5.69 Å². The first-order valence-electron chi connectivity index (χ1n) is 12.0. The second-order valence-corrected chi connectivity index (χ2v) is 9.84. The number of aliphatic carboxylic acids is 1. The van der Waals surface area contributed by atoms with E-state index in [1.54, 1.807) is 27.7 Å². The van der Waals surface area contributed by atoms with Crippen LogP contribution in [-0.4, -0.2) is 46.7 Å². The van der Waals surface area contributed by atoms with E-state index in [4.69, 9.17) is 4.74 Å². The van der Waals surface area contributed by atoms with Crippen molar-refractivity contribution in [3.8, 4) is 0 Å². The summed E-state index contributed by atoms with van der Waals surface area (Å²) in [5, 5.41) is 16.9. The number of anilines is 1. The van der Waals surface area contributed by atoms with Gasteiger partial charge in [0.1, 0.15) is 23.5 Å². The molecule has 0 bridgehead atoms. The maximum atomic E-state index is 14.8. The summed E-state index contributed by atoms with van der Waals surface area (Å²) in [6.07, 6.45) is 3.75. The molecular formula is C25H36FN3O6. The molecule has 1 aliphatic carbocycles. The Bertz CT molecular complexity index is 924. The monoisotopic (exact) mass is 493 g/mol. The van der Waals surface area contributed by atoms with E-state index >= 15 is 0 Å². The van der Waals surface area contributed by atoms with Gasteiger partial charge in [-0.2, -0.15) is 0 Å². The van der Waals surface area contributed by atoms with Crippen molar-refractivity contribution in [2.24, 2.45) is 5.92 Å². The summed E-state index contributed by atoms with van der Waals surface area (Å²) in [5.74, 6) is -3.05. The van der Waals surface area contributed by atoms with Gasteiger partial charge in [-0.05, 0) is 57.2 Å². The van der Waals surface area contributed by atoms with E-state index < -0.39 is 47.4 Å². The maximum Gasteiger partial charge on any atom is 0.408 e. The molecule has 1 aromatic carbocycles. The Hall–Kier alpha value is -3.17. The first-order chi connectivity index (χ1) is 16.4. The minimum atomic E-state index is -1.23. The van der Waals surface area contributed by atoms with Gasteiger partial charge in [-0.1, -0.05) is 32.3 Å². The van der Waals surface area contributed by atoms with Crippen LogP contribution >= 0.6 is 0 Å². The lowest BCUT2D eigenvalue weighted by Crippen LogP contribution is -2.50. The molecule has 9 nitrogen and oxygen atoms in total. The number of amides is 3.